The van der Waals surface area contributed by atoms with E-state index in [4.69, 9.17) is 0 Å². The molecule has 12 heavy (non-hydrogen) atoms. The van der Waals surface area contributed by atoms with E-state index >= 15 is 0 Å². The smallest absolute Gasteiger partial charge is 0.246 e. The molecule has 0 radical (unpaired) electrons. The molecule has 6 heteroatoms. The standard InChI is InChI=1S/2C3H3F3/c4-1-3(6)2-5;4-2-1-3(5)6/h2*1H,2H2. The van der Waals surface area contributed by atoms with Crippen LogP contribution in [0.5, 0.6) is 0 Å². The van der Waals surface area contributed by atoms with Gasteiger partial charge < -0.3 is 0 Å². The van der Waals surface area contributed by atoms with Gasteiger partial charge in [0.1, 0.15) is 19.7 Å². The summed E-state index contributed by atoms with van der Waals surface area (Å²) in [6, 6.07) is 0. The summed E-state index contributed by atoms with van der Waals surface area (Å²) < 4.78 is 64.3. The first-order valence-corrected chi connectivity index (χ1v) is 2.66. The molecule has 0 aliphatic rings. The van der Waals surface area contributed by atoms with E-state index in [0.717, 1.165) is 0 Å². The third kappa shape index (κ3) is 16.0. The van der Waals surface area contributed by atoms with E-state index in [9.17, 15) is 26.3 Å². The van der Waals surface area contributed by atoms with Gasteiger partial charge in [0, 0.05) is 6.08 Å². The molecule has 0 aromatic heterocycles. The molecule has 0 saturated carbocycles. The van der Waals surface area contributed by atoms with Crippen molar-refractivity contribution in [3.63, 3.8) is 0 Å². The largest absolute Gasteiger partial charge is 0.268 e. The van der Waals surface area contributed by atoms with Crippen molar-refractivity contribution in [2.24, 2.45) is 0 Å². The summed E-state index contributed by atoms with van der Waals surface area (Å²) in [5, 5.41) is 0. The van der Waals surface area contributed by atoms with Crippen molar-refractivity contribution in [1.82, 2.24) is 0 Å². The van der Waals surface area contributed by atoms with Crippen molar-refractivity contribution in [2.75, 3.05) is 13.3 Å². The molecular formula is C6H6F6. The Hall–Kier alpha value is -0.940. The first kappa shape index (κ1) is 13.6. The van der Waals surface area contributed by atoms with E-state index in [1.165, 1.54) is 0 Å². The minimum absolute atomic E-state index is 0.208. The van der Waals surface area contributed by atoms with E-state index in [0.29, 0.717) is 0 Å². The van der Waals surface area contributed by atoms with Crippen LogP contribution in [0.1, 0.15) is 0 Å². The van der Waals surface area contributed by atoms with Crippen LogP contribution in [0.2, 0.25) is 0 Å². The summed E-state index contributed by atoms with van der Waals surface area (Å²) in [6.07, 6.45) is -2.16. The second-order valence-corrected chi connectivity index (χ2v) is 1.34. The van der Waals surface area contributed by atoms with Gasteiger partial charge in [-0.2, -0.15) is 8.78 Å². The number of hydrogen-bond acceptors (Lipinski definition) is 0. The fourth-order valence-electron chi connectivity index (χ4n) is 0.0875. The Balaban J connectivity index is 0. The van der Waals surface area contributed by atoms with Gasteiger partial charge in [-0.15, -0.1) is 0 Å². The molecule has 0 bridgehead atoms. The van der Waals surface area contributed by atoms with Crippen LogP contribution >= 0.6 is 0 Å². The van der Waals surface area contributed by atoms with E-state index in [2.05, 4.69) is 0 Å². The molecule has 0 spiro atoms. The Kier molecular flexibility index (Phi) is 11.4. The predicted octanol–water partition coefficient (Wildman–Crippen LogP) is 3.47. The lowest BCUT2D eigenvalue weighted by Gasteiger charge is -1.74. The Morgan fingerprint density at radius 3 is 1.58 bits per heavy atom. The van der Waals surface area contributed by atoms with E-state index < -0.39 is 31.6 Å². The fraction of sp³-hybridized carbons (Fsp3) is 0.333. The van der Waals surface area contributed by atoms with Crippen LogP contribution in [0.3, 0.4) is 0 Å². The molecule has 0 nitrogen and oxygen atoms in total. The van der Waals surface area contributed by atoms with Crippen LogP contribution in [0.25, 0.3) is 0 Å². The summed E-state index contributed by atoms with van der Waals surface area (Å²) in [5.41, 5.74) is 0. The monoisotopic (exact) mass is 192 g/mol. The van der Waals surface area contributed by atoms with Gasteiger partial charge in [0.05, 0.1) is 0 Å². The van der Waals surface area contributed by atoms with Crippen molar-refractivity contribution in [3.05, 3.63) is 24.3 Å². The molecule has 0 unspecified atom stereocenters. The Labute approximate surface area is 65.2 Å². The van der Waals surface area contributed by atoms with Crippen molar-refractivity contribution in [2.45, 2.75) is 0 Å². The highest BCUT2D eigenvalue weighted by Gasteiger charge is 1.86. The van der Waals surface area contributed by atoms with Gasteiger partial charge in [0.2, 0.25) is 0 Å². The zero-order chi connectivity index (χ0) is 9.98. The topological polar surface area (TPSA) is 0 Å². The number of halogens is 6. The van der Waals surface area contributed by atoms with Crippen molar-refractivity contribution >= 4 is 0 Å². The van der Waals surface area contributed by atoms with Crippen LogP contribution in [-0.4, -0.2) is 13.3 Å². The molecule has 0 saturated heterocycles. The van der Waals surface area contributed by atoms with Crippen LogP contribution in [0, 0.1) is 0 Å². The highest BCUT2D eigenvalue weighted by Crippen LogP contribution is 1.94. The summed E-state index contributed by atoms with van der Waals surface area (Å²) in [4.78, 5) is 0. The quantitative estimate of drug-likeness (QED) is 0.587. The second-order valence-electron chi connectivity index (χ2n) is 1.34. The van der Waals surface area contributed by atoms with Crippen molar-refractivity contribution < 1.29 is 26.3 Å². The third-order valence-corrected chi connectivity index (χ3v) is 0.478. The highest BCUT2D eigenvalue weighted by atomic mass is 19.3. The Morgan fingerprint density at radius 1 is 1.08 bits per heavy atom. The molecule has 0 N–H and O–H groups in total. The molecule has 0 heterocycles. The third-order valence-electron chi connectivity index (χ3n) is 0.478. The average Bonchev–Trinajstić information content (AvgIpc) is 2.04. The van der Waals surface area contributed by atoms with E-state index in [1.54, 1.807) is 0 Å². The first-order chi connectivity index (χ1) is 5.58. The highest BCUT2D eigenvalue weighted by molar-refractivity contribution is 4.82. The zero-order valence-electron chi connectivity index (χ0n) is 5.84. The maximum absolute atomic E-state index is 11.0. The second kappa shape index (κ2) is 10.1. The molecule has 0 aromatic rings. The van der Waals surface area contributed by atoms with Crippen molar-refractivity contribution in [1.29, 1.82) is 0 Å². The van der Waals surface area contributed by atoms with Gasteiger partial charge in [0.15, 0.2) is 5.83 Å². The summed E-state index contributed by atoms with van der Waals surface area (Å²) >= 11 is 0. The molecule has 0 rings (SSSR count). The van der Waals surface area contributed by atoms with Crippen molar-refractivity contribution in [3.8, 4) is 0 Å². The average molecular weight is 192 g/mol. The number of allylic oxidation sites excluding steroid dienone is 2. The number of rotatable bonds is 2. The summed E-state index contributed by atoms with van der Waals surface area (Å²) in [6.45, 7) is -2.43. The molecule has 0 atom stereocenters. The predicted molar refractivity (Wildman–Crippen MR) is 32.5 cm³/mol. The van der Waals surface area contributed by atoms with Crippen LogP contribution < -0.4 is 0 Å². The Morgan fingerprint density at radius 2 is 1.58 bits per heavy atom. The van der Waals surface area contributed by atoms with Crippen LogP contribution in [-0.2, 0) is 0 Å². The van der Waals surface area contributed by atoms with Gasteiger partial charge in [0.25, 0.3) is 6.08 Å². The lowest BCUT2D eigenvalue weighted by molar-refractivity contribution is 0.409. The summed E-state index contributed by atoms with van der Waals surface area (Å²) in [7, 11) is 0. The van der Waals surface area contributed by atoms with Gasteiger partial charge in [-0.1, -0.05) is 0 Å². The van der Waals surface area contributed by atoms with Gasteiger partial charge in [-0.05, 0) is 0 Å². The SMILES string of the molecule is FC=C(F)CF.FCC=C(F)F. The molecule has 0 fully saturated rings. The molecular weight excluding hydrogens is 186 g/mol. The number of alkyl halides is 2. The van der Waals surface area contributed by atoms with Crippen LogP contribution in [0.4, 0.5) is 26.3 Å². The zero-order valence-corrected chi connectivity index (χ0v) is 5.84. The lowest BCUT2D eigenvalue weighted by Crippen LogP contribution is -1.68. The number of hydrogen-bond donors (Lipinski definition) is 0. The molecule has 0 aromatic carbocycles. The minimum Gasteiger partial charge on any atom is -0.246 e. The minimum atomic E-state index is -1.96. The van der Waals surface area contributed by atoms with Gasteiger partial charge in [-0.3, -0.25) is 0 Å². The molecule has 72 valence electrons. The normalized spacial score (nSPS) is 10.0. The van der Waals surface area contributed by atoms with Gasteiger partial charge >= 0.3 is 0 Å². The first-order valence-electron chi connectivity index (χ1n) is 2.66. The summed E-state index contributed by atoms with van der Waals surface area (Å²) in [5.74, 6) is -1.37. The van der Waals surface area contributed by atoms with E-state index in [-0.39, 0.29) is 6.08 Å². The van der Waals surface area contributed by atoms with Gasteiger partial charge in [-0.25, -0.2) is 17.6 Å². The van der Waals surface area contributed by atoms with E-state index in [1.807, 2.05) is 0 Å². The molecule has 0 aliphatic carbocycles. The Bertz CT molecular complexity index is 146. The van der Waals surface area contributed by atoms with Crippen LogP contribution in [0.15, 0.2) is 24.3 Å². The maximum atomic E-state index is 11.0. The molecule has 0 aliphatic heterocycles. The molecule has 0 amide bonds. The lowest BCUT2D eigenvalue weighted by atomic mass is 10.7. The fourth-order valence-corrected chi connectivity index (χ4v) is 0.0875. The maximum Gasteiger partial charge on any atom is 0.268 e.